The molecule has 112 valence electrons. The molecule has 0 unspecified atom stereocenters. The second-order valence-electron chi connectivity index (χ2n) is 4.20. The standard InChI is InChI=1S/C13H12ClNO6/c1-19-12(16)10(15-18)9-7-4-3-6(14)5-8(7)21-11(9)13(17)20-2/h3-5,9,11,18H,1-2H3/b15-10-/t9-,11-/m1/s1. The second kappa shape index (κ2) is 6.01. The quantitative estimate of drug-likeness (QED) is 0.392. The molecule has 1 heterocycles. The van der Waals surface area contributed by atoms with E-state index in [-0.39, 0.29) is 5.71 Å². The van der Waals surface area contributed by atoms with E-state index in [0.717, 1.165) is 7.11 Å². The Bertz CT molecular complexity index is 615. The van der Waals surface area contributed by atoms with Crippen LogP contribution in [0.25, 0.3) is 0 Å². The van der Waals surface area contributed by atoms with Gasteiger partial charge in [0.2, 0.25) is 6.10 Å². The van der Waals surface area contributed by atoms with Crippen LogP contribution in [0.5, 0.6) is 5.75 Å². The normalized spacial score (nSPS) is 20.4. The molecule has 8 heteroatoms. The number of halogens is 1. The van der Waals surface area contributed by atoms with Gasteiger partial charge in [-0.05, 0) is 12.1 Å². The molecular weight excluding hydrogens is 302 g/mol. The maximum absolute atomic E-state index is 11.8. The van der Waals surface area contributed by atoms with Crippen LogP contribution in [0.2, 0.25) is 5.02 Å². The number of carbonyl (C=O) groups is 2. The first-order valence-electron chi connectivity index (χ1n) is 5.87. The summed E-state index contributed by atoms with van der Waals surface area (Å²) in [4.78, 5) is 23.6. The molecule has 2 atom stereocenters. The number of benzene rings is 1. The Morgan fingerprint density at radius 3 is 2.62 bits per heavy atom. The first kappa shape index (κ1) is 15.1. The van der Waals surface area contributed by atoms with Gasteiger partial charge in [-0.15, -0.1) is 0 Å². The van der Waals surface area contributed by atoms with Gasteiger partial charge >= 0.3 is 11.9 Å². The first-order valence-corrected chi connectivity index (χ1v) is 6.25. The minimum absolute atomic E-state index is 0.313. The number of carbonyl (C=O) groups excluding carboxylic acids is 2. The van der Waals surface area contributed by atoms with Crippen LogP contribution in [0.15, 0.2) is 23.4 Å². The van der Waals surface area contributed by atoms with Gasteiger partial charge in [0, 0.05) is 10.6 Å². The molecule has 1 aromatic rings. The van der Waals surface area contributed by atoms with Gasteiger partial charge in [-0.3, -0.25) is 0 Å². The molecule has 2 rings (SSSR count). The molecule has 0 saturated heterocycles. The molecule has 0 radical (unpaired) electrons. The number of hydrogen-bond donors (Lipinski definition) is 1. The van der Waals surface area contributed by atoms with E-state index in [4.69, 9.17) is 21.5 Å². The van der Waals surface area contributed by atoms with Crippen molar-refractivity contribution in [1.82, 2.24) is 0 Å². The Balaban J connectivity index is 2.52. The maximum atomic E-state index is 11.8. The van der Waals surface area contributed by atoms with Crippen molar-refractivity contribution in [2.24, 2.45) is 5.16 Å². The fourth-order valence-corrected chi connectivity index (χ4v) is 2.32. The molecule has 1 N–H and O–H groups in total. The lowest BCUT2D eigenvalue weighted by Gasteiger charge is -2.16. The largest absolute Gasteiger partial charge is 0.477 e. The van der Waals surface area contributed by atoms with Gasteiger partial charge < -0.3 is 19.4 Å². The van der Waals surface area contributed by atoms with E-state index < -0.39 is 24.0 Å². The number of esters is 2. The number of methoxy groups -OCH3 is 2. The van der Waals surface area contributed by atoms with Crippen molar-refractivity contribution in [1.29, 1.82) is 0 Å². The van der Waals surface area contributed by atoms with Crippen LogP contribution in [0.1, 0.15) is 11.5 Å². The molecule has 0 aliphatic carbocycles. The van der Waals surface area contributed by atoms with Gasteiger partial charge in [0.1, 0.15) is 5.75 Å². The highest BCUT2D eigenvalue weighted by Crippen LogP contribution is 2.41. The SMILES string of the molecule is COC(=O)/C(=N\O)[C@H]1c2ccc(Cl)cc2O[C@H]1C(=O)OC. The molecule has 7 nitrogen and oxygen atoms in total. The van der Waals surface area contributed by atoms with Gasteiger partial charge in [0.15, 0.2) is 5.71 Å². The fourth-order valence-electron chi connectivity index (χ4n) is 2.16. The lowest BCUT2D eigenvalue weighted by atomic mass is 9.90. The topological polar surface area (TPSA) is 94.4 Å². The number of ether oxygens (including phenoxy) is 3. The minimum Gasteiger partial charge on any atom is -0.477 e. The molecule has 0 aromatic heterocycles. The van der Waals surface area contributed by atoms with E-state index in [9.17, 15) is 9.59 Å². The van der Waals surface area contributed by atoms with Crippen molar-refractivity contribution in [3.8, 4) is 5.75 Å². The van der Waals surface area contributed by atoms with Crippen LogP contribution in [0.3, 0.4) is 0 Å². The number of rotatable bonds is 3. The molecular formula is C13H12ClNO6. The van der Waals surface area contributed by atoms with Gasteiger partial charge in [0.05, 0.1) is 20.1 Å². The fraction of sp³-hybridized carbons (Fsp3) is 0.308. The molecule has 1 aliphatic rings. The van der Waals surface area contributed by atoms with Gasteiger partial charge in [0.25, 0.3) is 0 Å². The number of fused-ring (bicyclic) bond motifs is 1. The van der Waals surface area contributed by atoms with Crippen molar-refractivity contribution in [3.63, 3.8) is 0 Å². The van der Waals surface area contributed by atoms with Crippen molar-refractivity contribution >= 4 is 29.3 Å². The Hall–Kier alpha value is -2.28. The number of oxime groups is 1. The summed E-state index contributed by atoms with van der Waals surface area (Å²) >= 11 is 5.87. The van der Waals surface area contributed by atoms with E-state index in [1.165, 1.54) is 13.2 Å². The van der Waals surface area contributed by atoms with E-state index in [1.807, 2.05) is 0 Å². The summed E-state index contributed by atoms with van der Waals surface area (Å²) in [6.45, 7) is 0. The zero-order valence-electron chi connectivity index (χ0n) is 11.2. The number of hydrogen-bond acceptors (Lipinski definition) is 7. The molecule has 1 aromatic carbocycles. The highest BCUT2D eigenvalue weighted by Gasteiger charge is 2.46. The van der Waals surface area contributed by atoms with Crippen LogP contribution < -0.4 is 4.74 Å². The Kier molecular flexibility index (Phi) is 4.32. The lowest BCUT2D eigenvalue weighted by Crippen LogP contribution is -2.37. The van der Waals surface area contributed by atoms with E-state index in [2.05, 4.69) is 14.6 Å². The summed E-state index contributed by atoms with van der Waals surface area (Å²) in [6.07, 6.45) is -1.16. The van der Waals surface area contributed by atoms with Crippen LogP contribution in [-0.4, -0.2) is 43.2 Å². The zero-order chi connectivity index (χ0) is 15.6. The third kappa shape index (κ3) is 2.64. The van der Waals surface area contributed by atoms with Crippen molar-refractivity contribution < 1.29 is 29.0 Å². The molecule has 0 fully saturated rings. The summed E-state index contributed by atoms with van der Waals surface area (Å²) in [5, 5.41) is 12.4. The van der Waals surface area contributed by atoms with Gasteiger partial charge in [-0.1, -0.05) is 22.8 Å². The van der Waals surface area contributed by atoms with Crippen molar-refractivity contribution in [2.75, 3.05) is 14.2 Å². The summed E-state index contributed by atoms with van der Waals surface area (Å²) in [5.41, 5.74) is 0.127. The van der Waals surface area contributed by atoms with E-state index in [1.54, 1.807) is 12.1 Å². The first-order chi connectivity index (χ1) is 10.0. The summed E-state index contributed by atoms with van der Waals surface area (Å²) in [7, 11) is 2.33. The van der Waals surface area contributed by atoms with E-state index in [0.29, 0.717) is 16.3 Å². The smallest absolute Gasteiger partial charge is 0.356 e. The van der Waals surface area contributed by atoms with Crippen LogP contribution in [0, 0.1) is 0 Å². The Morgan fingerprint density at radius 2 is 2.05 bits per heavy atom. The predicted molar refractivity (Wildman–Crippen MR) is 71.9 cm³/mol. The van der Waals surface area contributed by atoms with Crippen LogP contribution >= 0.6 is 11.6 Å². The van der Waals surface area contributed by atoms with Crippen molar-refractivity contribution in [2.45, 2.75) is 12.0 Å². The molecule has 0 spiro atoms. The second-order valence-corrected chi connectivity index (χ2v) is 4.63. The monoisotopic (exact) mass is 313 g/mol. The third-order valence-corrected chi connectivity index (χ3v) is 3.33. The van der Waals surface area contributed by atoms with Gasteiger partial charge in [-0.2, -0.15) is 0 Å². The van der Waals surface area contributed by atoms with Gasteiger partial charge in [-0.25, -0.2) is 9.59 Å². The molecule has 0 bridgehead atoms. The molecule has 0 amide bonds. The minimum atomic E-state index is -1.16. The van der Waals surface area contributed by atoms with Crippen LogP contribution in [-0.2, 0) is 19.1 Å². The summed E-state index contributed by atoms with van der Waals surface area (Å²) < 4.78 is 14.7. The Labute approximate surface area is 125 Å². The Morgan fingerprint density at radius 1 is 1.33 bits per heavy atom. The van der Waals surface area contributed by atoms with E-state index >= 15 is 0 Å². The molecule has 1 aliphatic heterocycles. The highest BCUT2D eigenvalue weighted by atomic mass is 35.5. The summed E-state index contributed by atoms with van der Waals surface area (Å²) in [5.74, 6) is -2.21. The highest BCUT2D eigenvalue weighted by molar-refractivity contribution is 6.39. The zero-order valence-corrected chi connectivity index (χ0v) is 12.0. The van der Waals surface area contributed by atoms with Crippen molar-refractivity contribution in [3.05, 3.63) is 28.8 Å². The van der Waals surface area contributed by atoms with Crippen LogP contribution in [0.4, 0.5) is 0 Å². The maximum Gasteiger partial charge on any atom is 0.356 e. The third-order valence-electron chi connectivity index (χ3n) is 3.10. The summed E-state index contributed by atoms with van der Waals surface area (Å²) in [6, 6.07) is 4.65. The number of nitrogens with zero attached hydrogens (tertiary/aromatic N) is 1. The molecule has 21 heavy (non-hydrogen) atoms. The average Bonchev–Trinajstić information content (AvgIpc) is 2.85. The molecule has 0 saturated carbocycles. The average molecular weight is 314 g/mol. The lowest BCUT2D eigenvalue weighted by molar-refractivity contribution is -0.148. The predicted octanol–water partition coefficient (Wildman–Crippen LogP) is 1.36.